The molecule has 1 heterocycles. The van der Waals surface area contributed by atoms with Crippen LogP contribution in [-0.2, 0) is 19.6 Å². The van der Waals surface area contributed by atoms with E-state index in [1.54, 1.807) is 0 Å². The molecule has 0 aromatic heterocycles. The summed E-state index contributed by atoms with van der Waals surface area (Å²) in [6.07, 6.45) is 4.10. The van der Waals surface area contributed by atoms with Gasteiger partial charge < -0.3 is 0 Å². The molecule has 0 bridgehead atoms. The molecule has 1 aliphatic carbocycles. The molecule has 1 saturated carbocycles. The van der Waals surface area contributed by atoms with Crippen molar-refractivity contribution in [2.24, 2.45) is 0 Å². The molecule has 1 atom stereocenters. The van der Waals surface area contributed by atoms with Crippen molar-refractivity contribution < 1.29 is 18.0 Å². The highest BCUT2D eigenvalue weighted by Gasteiger charge is 2.42. The maximum absolute atomic E-state index is 12.4. The monoisotopic (exact) mass is 274 g/mol. The van der Waals surface area contributed by atoms with Crippen molar-refractivity contribution in [1.82, 2.24) is 9.62 Å². The molecule has 0 aromatic carbocycles. The van der Waals surface area contributed by atoms with Crippen molar-refractivity contribution >= 4 is 21.8 Å². The SMILES string of the molecule is CC1C(=O)NC(=O)CN1S(=O)(=O)C1CCCCC1. The molecule has 1 aliphatic heterocycles. The average Bonchev–Trinajstić information content (AvgIpc) is 2.34. The quantitative estimate of drug-likeness (QED) is 0.718. The number of imide groups is 1. The summed E-state index contributed by atoms with van der Waals surface area (Å²) < 4.78 is 25.9. The van der Waals surface area contributed by atoms with Gasteiger partial charge in [-0.3, -0.25) is 14.9 Å². The Morgan fingerprint density at radius 1 is 1.17 bits per heavy atom. The van der Waals surface area contributed by atoms with Gasteiger partial charge in [0.05, 0.1) is 11.8 Å². The minimum Gasteiger partial charge on any atom is -0.294 e. The van der Waals surface area contributed by atoms with E-state index in [0.29, 0.717) is 12.8 Å². The number of nitrogens with one attached hydrogen (secondary N) is 1. The Morgan fingerprint density at radius 3 is 2.39 bits per heavy atom. The molecule has 2 aliphatic rings. The fourth-order valence-electron chi connectivity index (χ4n) is 2.56. The van der Waals surface area contributed by atoms with E-state index in [4.69, 9.17) is 0 Å². The van der Waals surface area contributed by atoms with Crippen LogP contribution in [0.15, 0.2) is 0 Å². The van der Waals surface area contributed by atoms with Crippen molar-refractivity contribution in [2.45, 2.75) is 50.3 Å². The van der Waals surface area contributed by atoms with E-state index in [1.165, 1.54) is 6.92 Å². The van der Waals surface area contributed by atoms with Gasteiger partial charge in [0.25, 0.3) is 0 Å². The number of nitrogens with zero attached hydrogens (tertiary/aromatic N) is 1. The average molecular weight is 274 g/mol. The van der Waals surface area contributed by atoms with Crippen molar-refractivity contribution in [1.29, 1.82) is 0 Å². The highest BCUT2D eigenvalue weighted by molar-refractivity contribution is 7.89. The smallest absolute Gasteiger partial charge is 0.244 e. The predicted octanol–water partition coefficient (Wildman–Crippen LogP) is -0.00420. The maximum Gasteiger partial charge on any atom is 0.244 e. The Labute approximate surface area is 107 Å². The second-order valence-electron chi connectivity index (χ2n) is 4.94. The molecule has 2 fully saturated rings. The zero-order chi connectivity index (χ0) is 13.3. The van der Waals surface area contributed by atoms with Gasteiger partial charge in [0, 0.05) is 0 Å². The van der Waals surface area contributed by atoms with Crippen molar-refractivity contribution in [3.05, 3.63) is 0 Å². The van der Waals surface area contributed by atoms with Gasteiger partial charge in [-0.05, 0) is 19.8 Å². The summed E-state index contributed by atoms with van der Waals surface area (Å²) in [6.45, 7) is 1.27. The standard InChI is InChI=1S/C11H18N2O4S/c1-8-11(15)12-10(14)7-13(8)18(16,17)9-5-3-2-4-6-9/h8-9H,2-7H2,1H3,(H,12,14,15). The number of sulfonamides is 1. The van der Waals surface area contributed by atoms with Gasteiger partial charge in [-0.1, -0.05) is 19.3 Å². The number of carbonyl (C=O) groups is 2. The van der Waals surface area contributed by atoms with Crippen molar-refractivity contribution in [3.8, 4) is 0 Å². The van der Waals surface area contributed by atoms with Gasteiger partial charge in [0.2, 0.25) is 21.8 Å². The Bertz CT molecular complexity index is 454. The summed E-state index contributed by atoms with van der Waals surface area (Å²) in [5, 5.41) is 1.71. The first kappa shape index (κ1) is 13.5. The summed E-state index contributed by atoms with van der Waals surface area (Å²) in [4.78, 5) is 22.8. The fourth-order valence-corrected chi connectivity index (χ4v) is 4.70. The Kier molecular flexibility index (Phi) is 3.72. The van der Waals surface area contributed by atoms with E-state index in [-0.39, 0.29) is 6.54 Å². The molecule has 1 unspecified atom stereocenters. The van der Waals surface area contributed by atoms with Gasteiger partial charge in [-0.15, -0.1) is 0 Å². The van der Waals surface area contributed by atoms with Crippen LogP contribution < -0.4 is 5.32 Å². The number of piperazine rings is 1. The highest BCUT2D eigenvalue weighted by atomic mass is 32.2. The van der Waals surface area contributed by atoms with Crippen LogP contribution in [0.1, 0.15) is 39.0 Å². The highest BCUT2D eigenvalue weighted by Crippen LogP contribution is 2.27. The van der Waals surface area contributed by atoms with Gasteiger partial charge in [0.15, 0.2) is 0 Å². The molecule has 2 amide bonds. The number of amides is 2. The Hall–Kier alpha value is -0.950. The molecule has 18 heavy (non-hydrogen) atoms. The number of carbonyl (C=O) groups excluding carboxylic acids is 2. The fraction of sp³-hybridized carbons (Fsp3) is 0.818. The summed E-state index contributed by atoms with van der Waals surface area (Å²) in [6, 6.07) is -0.797. The molecule has 2 rings (SSSR count). The third-order valence-corrected chi connectivity index (χ3v) is 6.09. The molecule has 0 radical (unpaired) electrons. The van der Waals surface area contributed by atoms with Gasteiger partial charge in [0.1, 0.15) is 6.04 Å². The summed E-state index contributed by atoms with van der Waals surface area (Å²) in [7, 11) is -3.55. The third-order valence-electron chi connectivity index (χ3n) is 3.67. The Balaban J connectivity index is 2.22. The first-order valence-electron chi connectivity index (χ1n) is 6.27. The zero-order valence-electron chi connectivity index (χ0n) is 10.4. The number of rotatable bonds is 2. The lowest BCUT2D eigenvalue weighted by atomic mass is 10.0. The first-order chi connectivity index (χ1) is 8.43. The topological polar surface area (TPSA) is 83.6 Å². The lowest BCUT2D eigenvalue weighted by Gasteiger charge is -2.34. The third kappa shape index (κ3) is 2.42. The first-order valence-corrected chi connectivity index (χ1v) is 7.77. The van der Waals surface area contributed by atoms with E-state index >= 15 is 0 Å². The normalized spacial score (nSPS) is 28.2. The predicted molar refractivity (Wildman–Crippen MR) is 65.1 cm³/mol. The molecule has 0 spiro atoms. The van der Waals surface area contributed by atoms with E-state index in [0.717, 1.165) is 23.6 Å². The van der Waals surface area contributed by atoms with Crippen LogP contribution in [0.25, 0.3) is 0 Å². The minimum atomic E-state index is -3.55. The molecule has 0 aromatic rings. The second kappa shape index (κ2) is 4.97. The molecular formula is C11H18N2O4S. The molecule has 1 N–H and O–H groups in total. The molecule has 102 valence electrons. The van der Waals surface area contributed by atoms with Gasteiger partial charge in [-0.2, -0.15) is 4.31 Å². The van der Waals surface area contributed by atoms with Crippen LogP contribution >= 0.6 is 0 Å². The van der Waals surface area contributed by atoms with Crippen LogP contribution in [0, 0.1) is 0 Å². The van der Waals surface area contributed by atoms with E-state index in [1.807, 2.05) is 0 Å². The lowest BCUT2D eigenvalue weighted by molar-refractivity contribution is -0.136. The van der Waals surface area contributed by atoms with Gasteiger partial charge >= 0.3 is 0 Å². The summed E-state index contributed by atoms with van der Waals surface area (Å²) in [5.41, 5.74) is 0. The number of hydrogen-bond acceptors (Lipinski definition) is 4. The van der Waals surface area contributed by atoms with Crippen LogP contribution in [0.5, 0.6) is 0 Å². The molecular weight excluding hydrogens is 256 g/mol. The summed E-state index contributed by atoms with van der Waals surface area (Å²) in [5.74, 6) is -1.08. The van der Waals surface area contributed by atoms with E-state index in [2.05, 4.69) is 5.32 Å². The van der Waals surface area contributed by atoms with Crippen LogP contribution in [-0.4, -0.2) is 42.4 Å². The number of hydrogen-bond donors (Lipinski definition) is 1. The molecule has 1 saturated heterocycles. The van der Waals surface area contributed by atoms with Crippen LogP contribution in [0.2, 0.25) is 0 Å². The minimum absolute atomic E-state index is 0.244. The lowest BCUT2D eigenvalue weighted by Crippen LogP contribution is -2.60. The zero-order valence-corrected chi connectivity index (χ0v) is 11.2. The largest absolute Gasteiger partial charge is 0.294 e. The molecule has 6 nitrogen and oxygen atoms in total. The van der Waals surface area contributed by atoms with Crippen LogP contribution in [0.4, 0.5) is 0 Å². The van der Waals surface area contributed by atoms with Crippen molar-refractivity contribution in [3.63, 3.8) is 0 Å². The Morgan fingerprint density at radius 2 is 1.78 bits per heavy atom. The van der Waals surface area contributed by atoms with Crippen LogP contribution in [0.3, 0.4) is 0 Å². The maximum atomic E-state index is 12.4. The molecule has 7 heteroatoms. The van der Waals surface area contributed by atoms with E-state index < -0.39 is 33.1 Å². The second-order valence-corrected chi connectivity index (χ2v) is 7.10. The summed E-state index contributed by atoms with van der Waals surface area (Å²) >= 11 is 0. The van der Waals surface area contributed by atoms with Gasteiger partial charge in [-0.25, -0.2) is 8.42 Å². The van der Waals surface area contributed by atoms with Crippen molar-refractivity contribution in [2.75, 3.05) is 6.54 Å². The van der Waals surface area contributed by atoms with E-state index in [9.17, 15) is 18.0 Å².